The van der Waals surface area contributed by atoms with Crippen LogP contribution >= 0.6 is 0 Å². The maximum Gasteiger partial charge on any atom is 0.119 e. The van der Waals surface area contributed by atoms with Crippen molar-refractivity contribution in [3.05, 3.63) is 65.9 Å². The number of anilines is 1. The van der Waals surface area contributed by atoms with E-state index in [9.17, 15) is 0 Å². The molecule has 0 bridgehead atoms. The molecule has 0 spiro atoms. The molecular weight excluding hydrogens is 284 g/mol. The minimum Gasteiger partial charge on any atom is -0.497 e. The first-order valence-electron chi connectivity index (χ1n) is 7.95. The van der Waals surface area contributed by atoms with Crippen molar-refractivity contribution in [2.45, 2.75) is 20.4 Å². The normalized spacial score (nSPS) is 10.7. The number of fused-ring (bicyclic) bond motifs is 1. The Kier molecular flexibility index (Phi) is 4.47. The third-order valence-corrected chi connectivity index (χ3v) is 4.06. The number of hydrogen-bond donors (Lipinski definition) is 0. The van der Waals surface area contributed by atoms with Crippen LogP contribution in [0.2, 0.25) is 0 Å². The van der Waals surface area contributed by atoms with Crippen molar-refractivity contribution in [3.63, 3.8) is 0 Å². The van der Waals surface area contributed by atoms with Crippen LogP contribution in [-0.2, 0) is 6.54 Å². The first-order valence-corrected chi connectivity index (χ1v) is 7.95. The minimum atomic E-state index is 0.861. The second-order valence-corrected chi connectivity index (χ2v) is 5.67. The molecule has 0 saturated carbocycles. The van der Waals surface area contributed by atoms with E-state index in [-0.39, 0.29) is 0 Å². The topological polar surface area (TPSA) is 25.4 Å². The lowest BCUT2D eigenvalue weighted by atomic mass is 10.1. The number of aryl methyl sites for hydroxylation is 1. The molecule has 0 fully saturated rings. The van der Waals surface area contributed by atoms with Gasteiger partial charge in [0, 0.05) is 29.9 Å². The fourth-order valence-electron chi connectivity index (χ4n) is 2.88. The van der Waals surface area contributed by atoms with Gasteiger partial charge in [0.15, 0.2) is 0 Å². The van der Waals surface area contributed by atoms with Gasteiger partial charge in [0.05, 0.1) is 12.6 Å². The summed E-state index contributed by atoms with van der Waals surface area (Å²) in [6.07, 6.45) is 0. The molecule has 118 valence electrons. The Bertz CT molecular complexity index is 799. The quantitative estimate of drug-likeness (QED) is 0.690. The molecule has 0 aliphatic heterocycles. The van der Waals surface area contributed by atoms with E-state index < -0.39 is 0 Å². The van der Waals surface area contributed by atoms with Gasteiger partial charge in [-0.3, -0.25) is 4.98 Å². The summed E-state index contributed by atoms with van der Waals surface area (Å²) in [6.45, 7) is 6.05. The molecule has 2 aromatic carbocycles. The SMILES string of the molecule is CCN(Cc1ccccc1)c1cc(C)nc2ccc(OC)cc12. The molecule has 0 amide bonds. The lowest BCUT2D eigenvalue weighted by molar-refractivity contribution is 0.415. The van der Waals surface area contributed by atoms with Crippen molar-refractivity contribution in [2.24, 2.45) is 0 Å². The van der Waals surface area contributed by atoms with Gasteiger partial charge in [-0.15, -0.1) is 0 Å². The molecule has 1 heterocycles. The van der Waals surface area contributed by atoms with E-state index in [2.05, 4.69) is 59.3 Å². The van der Waals surface area contributed by atoms with Gasteiger partial charge in [0.1, 0.15) is 5.75 Å². The molecule has 0 unspecified atom stereocenters. The molecule has 1 aromatic heterocycles. The van der Waals surface area contributed by atoms with E-state index in [1.54, 1.807) is 7.11 Å². The smallest absolute Gasteiger partial charge is 0.119 e. The minimum absolute atomic E-state index is 0.861. The van der Waals surface area contributed by atoms with Gasteiger partial charge in [0.25, 0.3) is 0 Å². The van der Waals surface area contributed by atoms with Crippen molar-refractivity contribution in [1.82, 2.24) is 4.98 Å². The van der Waals surface area contributed by atoms with Crippen LogP contribution in [-0.4, -0.2) is 18.6 Å². The van der Waals surface area contributed by atoms with E-state index in [1.165, 1.54) is 11.3 Å². The summed E-state index contributed by atoms with van der Waals surface area (Å²) in [5.41, 5.74) is 4.55. The number of benzene rings is 2. The van der Waals surface area contributed by atoms with Crippen molar-refractivity contribution in [2.75, 3.05) is 18.6 Å². The van der Waals surface area contributed by atoms with Gasteiger partial charge in [0.2, 0.25) is 0 Å². The van der Waals surface area contributed by atoms with E-state index in [4.69, 9.17) is 4.74 Å². The van der Waals surface area contributed by atoms with Crippen molar-refractivity contribution < 1.29 is 4.74 Å². The van der Waals surface area contributed by atoms with Gasteiger partial charge in [-0.25, -0.2) is 0 Å². The standard InChI is InChI=1S/C20H22N2O/c1-4-22(14-16-8-6-5-7-9-16)20-12-15(2)21-19-11-10-17(23-3)13-18(19)20/h5-13H,4,14H2,1-3H3. The van der Waals surface area contributed by atoms with E-state index >= 15 is 0 Å². The third-order valence-electron chi connectivity index (χ3n) is 4.06. The van der Waals surface area contributed by atoms with Crippen LogP contribution in [0.15, 0.2) is 54.6 Å². The second kappa shape index (κ2) is 6.69. The molecule has 3 heteroatoms. The Balaban J connectivity index is 2.08. The van der Waals surface area contributed by atoms with Gasteiger partial charge < -0.3 is 9.64 Å². The number of pyridine rings is 1. The number of hydrogen-bond acceptors (Lipinski definition) is 3. The number of rotatable bonds is 5. The van der Waals surface area contributed by atoms with Gasteiger partial charge >= 0.3 is 0 Å². The predicted octanol–water partition coefficient (Wildman–Crippen LogP) is 4.58. The average Bonchev–Trinajstić information content (AvgIpc) is 2.59. The molecule has 3 rings (SSSR count). The van der Waals surface area contributed by atoms with E-state index in [0.29, 0.717) is 0 Å². The summed E-state index contributed by atoms with van der Waals surface area (Å²) in [6, 6.07) is 18.8. The highest BCUT2D eigenvalue weighted by molar-refractivity contribution is 5.93. The summed E-state index contributed by atoms with van der Waals surface area (Å²) in [5.74, 6) is 0.861. The number of nitrogens with zero attached hydrogens (tertiary/aromatic N) is 2. The molecule has 0 saturated heterocycles. The molecule has 3 nitrogen and oxygen atoms in total. The Morgan fingerprint density at radius 2 is 1.83 bits per heavy atom. The van der Waals surface area contributed by atoms with Crippen molar-refractivity contribution in [1.29, 1.82) is 0 Å². The van der Waals surface area contributed by atoms with Crippen LogP contribution in [0, 0.1) is 6.92 Å². The van der Waals surface area contributed by atoms with Crippen molar-refractivity contribution >= 4 is 16.6 Å². The van der Waals surface area contributed by atoms with E-state index in [1.807, 2.05) is 19.1 Å². The summed E-state index contributed by atoms with van der Waals surface area (Å²) < 4.78 is 5.39. The first-order chi connectivity index (χ1) is 11.2. The number of aromatic nitrogens is 1. The largest absolute Gasteiger partial charge is 0.497 e. The summed E-state index contributed by atoms with van der Waals surface area (Å²) in [7, 11) is 1.70. The first kappa shape index (κ1) is 15.3. The summed E-state index contributed by atoms with van der Waals surface area (Å²) in [5, 5.41) is 1.13. The van der Waals surface area contributed by atoms with Crippen LogP contribution in [0.25, 0.3) is 10.9 Å². The van der Waals surface area contributed by atoms with Crippen LogP contribution in [0.1, 0.15) is 18.2 Å². The third kappa shape index (κ3) is 3.29. The molecule has 0 N–H and O–H groups in total. The molecule has 3 aromatic rings. The molecule has 0 aliphatic carbocycles. The van der Waals surface area contributed by atoms with Crippen molar-refractivity contribution in [3.8, 4) is 5.75 Å². The Morgan fingerprint density at radius 1 is 1.04 bits per heavy atom. The maximum absolute atomic E-state index is 5.39. The van der Waals surface area contributed by atoms with Gasteiger partial charge in [-0.05, 0) is 43.7 Å². The van der Waals surface area contributed by atoms with Crippen LogP contribution in [0.3, 0.4) is 0 Å². The van der Waals surface area contributed by atoms with Crippen LogP contribution in [0.5, 0.6) is 5.75 Å². The zero-order valence-electron chi connectivity index (χ0n) is 13.9. The summed E-state index contributed by atoms with van der Waals surface area (Å²) in [4.78, 5) is 7.03. The molecule has 0 radical (unpaired) electrons. The highest BCUT2D eigenvalue weighted by atomic mass is 16.5. The van der Waals surface area contributed by atoms with Crippen LogP contribution in [0.4, 0.5) is 5.69 Å². The number of methoxy groups -OCH3 is 1. The Hall–Kier alpha value is -2.55. The lowest BCUT2D eigenvalue weighted by Crippen LogP contribution is -2.22. The second-order valence-electron chi connectivity index (χ2n) is 5.67. The molecule has 23 heavy (non-hydrogen) atoms. The molecule has 0 aliphatic rings. The highest BCUT2D eigenvalue weighted by Gasteiger charge is 2.12. The Morgan fingerprint density at radius 3 is 2.52 bits per heavy atom. The highest BCUT2D eigenvalue weighted by Crippen LogP contribution is 2.30. The summed E-state index contributed by atoms with van der Waals surface area (Å²) >= 11 is 0. The fourth-order valence-corrected chi connectivity index (χ4v) is 2.88. The lowest BCUT2D eigenvalue weighted by Gasteiger charge is -2.25. The molecular formula is C20H22N2O. The van der Waals surface area contributed by atoms with Crippen LogP contribution < -0.4 is 9.64 Å². The number of ether oxygens (including phenoxy) is 1. The van der Waals surface area contributed by atoms with E-state index in [0.717, 1.165) is 35.4 Å². The Labute approximate surface area is 137 Å². The zero-order valence-corrected chi connectivity index (χ0v) is 13.9. The monoisotopic (exact) mass is 306 g/mol. The van der Waals surface area contributed by atoms with Gasteiger partial charge in [-0.2, -0.15) is 0 Å². The molecule has 0 atom stereocenters. The maximum atomic E-state index is 5.39. The fraction of sp³-hybridized carbons (Fsp3) is 0.250. The zero-order chi connectivity index (χ0) is 16.2. The average molecular weight is 306 g/mol. The predicted molar refractivity (Wildman–Crippen MR) is 96.2 cm³/mol. The van der Waals surface area contributed by atoms with Gasteiger partial charge in [-0.1, -0.05) is 30.3 Å².